The molecule has 0 nitrogen and oxygen atoms in total. The van der Waals surface area contributed by atoms with Crippen LogP contribution >= 0.6 is 39.5 Å². The summed E-state index contributed by atoms with van der Waals surface area (Å²) in [5, 5.41) is 0. The van der Waals surface area contributed by atoms with Crippen LogP contribution in [0.3, 0.4) is 0 Å². The smallest absolute Gasteiger partial charge is 0.109 e. The highest BCUT2D eigenvalue weighted by Crippen LogP contribution is 2.61. The van der Waals surface area contributed by atoms with E-state index >= 15 is 0 Å². The van der Waals surface area contributed by atoms with Crippen molar-refractivity contribution in [1.29, 1.82) is 0 Å². The topological polar surface area (TPSA) is 0 Å². The molecule has 1 saturated heterocycles. The summed E-state index contributed by atoms with van der Waals surface area (Å²) >= 11 is 7.85. The predicted molar refractivity (Wildman–Crippen MR) is 83.7 cm³/mol. The number of thioether (sulfide) groups is 2. The fourth-order valence-corrected chi connectivity index (χ4v) is 6.55. The second kappa shape index (κ2) is 4.52. The summed E-state index contributed by atoms with van der Waals surface area (Å²) in [6.07, 6.45) is 2.30. The quantitative estimate of drug-likeness (QED) is 0.718. The molecule has 0 bridgehead atoms. The highest BCUT2D eigenvalue weighted by atomic mass is 79.9. The van der Waals surface area contributed by atoms with Gasteiger partial charge in [0, 0.05) is 16.0 Å². The first-order valence-corrected chi connectivity index (χ1v) is 8.43. The fraction of sp³-hybridized carbons (Fsp3) is 0.286. The number of benzene rings is 1. The Morgan fingerprint density at radius 3 is 2.41 bits per heavy atom. The number of hydrogen-bond acceptors (Lipinski definition) is 2. The van der Waals surface area contributed by atoms with Gasteiger partial charge in [-0.25, -0.2) is 0 Å². The van der Waals surface area contributed by atoms with E-state index < -0.39 is 0 Å². The van der Waals surface area contributed by atoms with E-state index in [1.807, 2.05) is 0 Å². The van der Waals surface area contributed by atoms with E-state index in [1.165, 1.54) is 32.7 Å². The third-order valence-electron chi connectivity index (χ3n) is 3.26. The number of halogens is 1. The molecule has 3 rings (SSSR count). The molecule has 1 aliphatic carbocycles. The van der Waals surface area contributed by atoms with Crippen molar-refractivity contribution in [1.82, 2.24) is 0 Å². The summed E-state index contributed by atoms with van der Waals surface area (Å²) in [5.74, 6) is 2.49. The molecule has 1 aliphatic heterocycles. The van der Waals surface area contributed by atoms with Gasteiger partial charge in [0.15, 0.2) is 0 Å². The average molecular weight is 325 g/mol. The highest BCUT2D eigenvalue weighted by Gasteiger charge is 2.45. The average Bonchev–Trinajstić information content (AvgIpc) is 2.93. The maximum atomic E-state index is 3.70. The summed E-state index contributed by atoms with van der Waals surface area (Å²) in [6, 6.07) is 10.7. The Bertz CT molecular complexity index is 496. The van der Waals surface area contributed by atoms with Gasteiger partial charge in [0.2, 0.25) is 0 Å². The van der Waals surface area contributed by atoms with E-state index in [2.05, 4.69) is 82.8 Å². The molecule has 1 aromatic carbocycles. The number of rotatable bonds is 1. The van der Waals surface area contributed by atoms with Crippen LogP contribution in [0.2, 0.25) is 0 Å². The van der Waals surface area contributed by atoms with Crippen molar-refractivity contribution in [2.24, 2.45) is 0 Å². The lowest BCUT2D eigenvalue weighted by molar-refractivity contribution is 1.21. The molecule has 17 heavy (non-hydrogen) atoms. The molecule has 0 amide bonds. The van der Waals surface area contributed by atoms with Gasteiger partial charge >= 0.3 is 0 Å². The standard InChI is InChI=1S/C14H13BrS2/c1-10-13(15)9-12(11-5-3-2-4-6-11)14(10)16-7-8-17-14/h2-6,9H,7-8H2,1H3. The Hall–Kier alpha value is -0.120. The number of allylic oxidation sites excluding steroid dienone is 2. The predicted octanol–water partition coefficient (Wildman–Crippen LogP) is 4.93. The lowest BCUT2D eigenvalue weighted by atomic mass is 10.0. The molecule has 0 radical (unpaired) electrons. The SMILES string of the molecule is CC1=C(Br)C=C(c2ccccc2)C12SCCS2. The summed E-state index contributed by atoms with van der Waals surface area (Å²) in [6.45, 7) is 2.25. The fourth-order valence-electron chi connectivity index (χ4n) is 2.36. The molecule has 0 N–H and O–H groups in total. The van der Waals surface area contributed by atoms with Gasteiger partial charge in [0.05, 0.1) is 0 Å². The Balaban J connectivity index is 2.10. The van der Waals surface area contributed by atoms with Gasteiger partial charge < -0.3 is 0 Å². The summed E-state index contributed by atoms with van der Waals surface area (Å²) in [5.41, 5.74) is 4.27. The van der Waals surface area contributed by atoms with Crippen LogP contribution in [0.25, 0.3) is 5.57 Å². The van der Waals surface area contributed by atoms with Crippen LogP contribution in [0.4, 0.5) is 0 Å². The van der Waals surface area contributed by atoms with Gasteiger partial charge in [-0.2, -0.15) is 0 Å². The maximum Gasteiger partial charge on any atom is 0.109 e. The molecule has 88 valence electrons. The first-order valence-electron chi connectivity index (χ1n) is 5.66. The first-order chi connectivity index (χ1) is 8.24. The van der Waals surface area contributed by atoms with Crippen molar-refractivity contribution < 1.29 is 0 Å². The lowest BCUT2D eigenvalue weighted by Crippen LogP contribution is -2.18. The van der Waals surface area contributed by atoms with E-state index in [0.717, 1.165) is 0 Å². The van der Waals surface area contributed by atoms with E-state index in [1.54, 1.807) is 0 Å². The largest absolute Gasteiger partial charge is 0.134 e. The first kappa shape index (κ1) is 11.9. The molecule has 0 aromatic heterocycles. The molecule has 1 heterocycles. The van der Waals surface area contributed by atoms with Gasteiger partial charge in [-0.15, -0.1) is 23.5 Å². The third kappa shape index (κ3) is 1.83. The van der Waals surface area contributed by atoms with Crippen molar-refractivity contribution in [2.75, 3.05) is 11.5 Å². The third-order valence-corrected chi connectivity index (χ3v) is 7.73. The van der Waals surface area contributed by atoms with E-state index in [9.17, 15) is 0 Å². The van der Waals surface area contributed by atoms with Gasteiger partial charge in [-0.05, 0) is 29.7 Å². The molecule has 0 saturated carbocycles. The summed E-state index contributed by atoms with van der Waals surface area (Å²) in [4.78, 5) is 0. The maximum absolute atomic E-state index is 3.70. The summed E-state index contributed by atoms with van der Waals surface area (Å²) in [7, 11) is 0. The zero-order chi connectivity index (χ0) is 11.9. The Labute approximate surface area is 119 Å². The molecule has 1 spiro atoms. The molecule has 1 fully saturated rings. The second-order valence-electron chi connectivity index (χ2n) is 4.21. The van der Waals surface area contributed by atoms with Gasteiger partial charge in [0.1, 0.15) is 4.08 Å². The van der Waals surface area contributed by atoms with E-state index in [4.69, 9.17) is 0 Å². The molecule has 0 unspecified atom stereocenters. The minimum absolute atomic E-state index is 0.167. The van der Waals surface area contributed by atoms with Gasteiger partial charge in [0.25, 0.3) is 0 Å². The molecule has 2 aliphatic rings. The summed E-state index contributed by atoms with van der Waals surface area (Å²) < 4.78 is 1.43. The van der Waals surface area contributed by atoms with Crippen molar-refractivity contribution in [3.05, 3.63) is 52.0 Å². The Kier molecular flexibility index (Phi) is 3.18. The van der Waals surface area contributed by atoms with Crippen LogP contribution in [0.1, 0.15) is 12.5 Å². The molecule has 1 aromatic rings. The second-order valence-corrected chi connectivity index (χ2v) is 7.94. The highest BCUT2D eigenvalue weighted by molar-refractivity contribution is 9.12. The van der Waals surface area contributed by atoms with E-state index in [0.29, 0.717) is 0 Å². The molecular weight excluding hydrogens is 312 g/mol. The Morgan fingerprint density at radius 2 is 1.76 bits per heavy atom. The lowest BCUT2D eigenvalue weighted by Gasteiger charge is -2.28. The monoisotopic (exact) mass is 324 g/mol. The molecule has 3 heteroatoms. The molecule has 0 atom stereocenters. The van der Waals surface area contributed by atoms with Crippen LogP contribution in [0, 0.1) is 0 Å². The van der Waals surface area contributed by atoms with Crippen molar-refractivity contribution in [3.8, 4) is 0 Å². The normalized spacial score (nSPS) is 22.4. The van der Waals surface area contributed by atoms with Crippen molar-refractivity contribution >= 4 is 45.0 Å². The number of hydrogen-bond donors (Lipinski definition) is 0. The van der Waals surface area contributed by atoms with Gasteiger partial charge in [-0.1, -0.05) is 46.3 Å². The van der Waals surface area contributed by atoms with Crippen LogP contribution in [0.5, 0.6) is 0 Å². The zero-order valence-electron chi connectivity index (χ0n) is 9.57. The van der Waals surface area contributed by atoms with Crippen LogP contribution in [-0.2, 0) is 0 Å². The Morgan fingerprint density at radius 1 is 1.12 bits per heavy atom. The van der Waals surface area contributed by atoms with Crippen LogP contribution in [-0.4, -0.2) is 15.6 Å². The molecular formula is C14H13BrS2. The minimum Gasteiger partial charge on any atom is -0.134 e. The minimum atomic E-state index is 0.167. The van der Waals surface area contributed by atoms with Crippen molar-refractivity contribution in [3.63, 3.8) is 0 Å². The zero-order valence-corrected chi connectivity index (χ0v) is 12.8. The van der Waals surface area contributed by atoms with E-state index in [-0.39, 0.29) is 4.08 Å². The van der Waals surface area contributed by atoms with Crippen LogP contribution in [0.15, 0.2) is 46.5 Å². The van der Waals surface area contributed by atoms with Crippen molar-refractivity contribution in [2.45, 2.75) is 11.0 Å². The van der Waals surface area contributed by atoms with Gasteiger partial charge in [-0.3, -0.25) is 0 Å². The van der Waals surface area contributed by atoms with Crippen LogP contribution < -0.4 is 0 Å².